The van der Waals surface area contributed by atoms with Crippen LogP contribution in [0, 0.1) is 5.92 Å². The highest BCUT2D eigenvalue weighted by atomic mass is 16.5. The Labute approximate surface area is 112 Å². The minimum atomic E-state index is -1.05. The molecule has 19 heavy (non-hydrogen) atoms. The van der Waals surface area contributed by atoms with Crippen LogP contribution in [-0.2, 0) is 9.59 Å². The Morgan fingerprint density at radius 2 is 2.05 bits per heavy atom. The van der Waals surface area contributed by atoms with Crippen LogP contribution in [0.3, 0.4) is 0 Å². The molecule has 0 saturated carbocycles. The third-order valence-electron chi connectivity index (χ3n) is 2.72. The Morgan fingerprint density at radius 3 is 2.47 bits per heavy atom. The largest absolute Gasteiger partial charge is 0.550 e. The van der Waals surface area contributed by atoms with Crippen molar-refractivity contribution in [1.82, 2.24) is 0 Å². The van der Waals surface area contributed by atoms with Crippen molar-refractivity contribution in [2.24, 2.45) is 5.92 Å². The van der Waals surface area contributed by atoms with Crippen molar-refractivity contribution < 1.29 is 19.4 Å². The fourth-order valence-electron chi connectivity index (χ4n) is 1.69. The number of ether oxygens (including phenoxy) is 1. The number of para-hydroxylation sites is 1. The van der Waals surface area contributed by atoms with Crippen molar-refractivity contribution in [2.75, 3.05) is 7.11 Å². The van der Waals surface area contributed by atoms with Gasteiger partial charge in [-0.15, -0.1) is 0 Å². The van der Waals surface area contributed by atoms with E-state index in [4.69, 9.17) is 4.74 Å². The molecule has 4 nitrogen and oxygen atoms in total. The second-order valence-electron chi connectivity index (χ2n) is 4.22. The molecule has 4 heteroatoms. The minimum absolute atomic E-state index is 0.00213. The van der Waals surface area contributed by atoms with Gasteiger partial charge in [-0.25, -0.2) is 0 Å². The quantitative estimate of drug-likeness (QED) is 0.824. The van der Waals surface area contributed by atoms with Gasteiger partial charge in [0.2, 0.25) is 0 Å². The molecule has 1 aromatic carbocycles. The van der Waals surface area contributed by atoms with Gasteiger partial charge in [0.15, 0.2) is 5.78 Å². The molecular weight excluding hydrogens is 244 g/mol. The Kier molecular flexibility index (Phi) is 6.36. The molecule has 0 radical (unpaired) electrons. The molecule has 0 saturated heterocycles. The van der Waals surface area contributed by atoms with Crippen LogP contribution < -0.4 is 9.84 Å². The highest BCUT2D eigenvalue weighted by molar-refractivity contribution is 5.90. The van der Waals surface area contributed by atoms with Crippen molar-refractivity contribution in [3.05, 3.63) is 42.5 Å². The summed E-state index contributed by atoms with van der Waals surface area (Å²) >= 11 is 0. The van der Waals surface area contributed by atoms with Gasteiger partial charge in [-0.3, -0.25) is 4.79 Å². The van der Waals surface area contributed by atoms with Crippen molar-refractivity contribution in [3.63, 3.8) is 0 Å². The summed E-state index contributed by atoms with van der Waals surface area (Å²) in [6.45, 7) is 0. The maximum absolute atomic E-state index is 10.6. The third kappa shape index (κ3) is 6.41. The van der Waals surface area contributed by atoms with Gasteiger partial charge in [0.05, 0.1) is 7.11 Å². The summed E-state index contributed by atoms with van der Waals surface area (Å²) in [6, 6.07) is 9.68. The highest BCUT2D eigenvalue weighted by Crippen LogP contribution is 2.17. The minimum Gasteiger partial charge on any atom is -0.550 e. The predicted octanol–water partition coefficient (Wildman–Crippen LogP) is 1.36. The van der Waals surface area contributed by atoms with E-state index in [1.54, 1.807) is 13.2 Å². The van der Waals surface area contributed by atoms with E-state index in [0.29, 0.717) is 12.8 Å². The Morgan fingerprint density at radius 1 is 1.37 bits per heavy atom. The van der Waals surface area contributed by atoms with Gasteiger partial charge in [-0.2, -0.15) is 0 Å². The summed E-state index contributed by atoms with van der Waals surface area (Å²) in [5, 5.41) is 10.1. The van der Waals surface area contributed by atoms with E-state index in [1.807, 2.05) is 30.3 Å². The Balaban J connectivity index is 0.000000200. The van der Waals surface area contributed by atoms with Crippen LogP contribution in [0.1, 0.15) is 19.3 Å². The zero-order valence-electron chi connectivity index (χ0n) is 10.9. The maximum Gasteiger partial charge on any atom is 0.155 e. The van der Waals surface area contributed by atoms with Crippen LogP contribution in [0.2, 0.25) is 0 Å². The molecule has 0 spiro atoms. The zero-order chi connectivity index (χ0) is 14.1. The summed E-state index contributed by atoms with van der Waals surface area (Å²) in [4.78, 5) is 20.8. The van der Waals surface area contributed by atoms with E-state index in [0.717, 1.165) is 5.75 Å². The number of carboxylic acid groups (broad SMARTS) is 1. The molecule has 0 aliphatic heterocycles. The smallest absolute Gasteiger partial charge is 0.155 e. The standard InChI is InChI=1S/C8H10O3.C7H8O/c9-7-3-1-6(2-4-7)5-8(10)11;1-8-7-5-3-2-4-6-7/h1,3,6H,2,4-5H2,(H,10,11);2-6H,1H3/p-1. The van der Waals surface area contributed by atoms with E-state index in [1.165, 1.54) is 6.08 Å². The van der Waals surface area contributed by atoms with E-state index in [2.05, 4.69) is 0 Å². The molecule has 2 rings (SSSR count). The number of hydrogen-bond acceptors (Lipinski definition) is 4. The highest BCUT2D eigenvalue weighted by Gasteiger charge is 2.12. The second-order valence-corrected chi connectivity index (χ2v) is 4.22. The Bertz CT molecular complexity index is 437. The van der Waals surface area contributed by atoms with Crippen LogP contribution >= 0.6 is 0 Å². The number of hydrogen-bond donors (Lipinski definition) is 0. The average molecular weight is 261 g/mol. The summed E-state index contributed by atoms with van der Waals surface area (Å²) in [7, 11) is 1.66. The summed E-state index contributed by atoms with van der Waals surface area (Å²) in [5.41, 5.74) is 0. The van der Waals surface area contributed by atoms with Crippen molar-refractivity contribution in [2.45, 2.75) is 19.3 Å². The lowest BCUT2D eigenvalue weighted by Gasteiger charge is -2.15. The lowest BCUT2D eigenvalue weighted by molar-refractivity contribution is -0.306. The molecule has 0 heterocycles. The van der Waals surface area contributed by atoms with Crippen molar-refractivity contribution in [1.29, 1.82) is 0 Å². The summed E-state index contributed by atoms with van der Waals surface area (Å²) in [5.74, 6) is -0.0567. The normalized spacial score (nSPS) is 17.3. The van der Waals surface area contributed by atoms with Crippen LogP contribution in [0.25, 0.3) is 0 Å². The fraction of sp³-hybridized carbons (Fsp3) is 0.333. The summed E-state index contributed by atoms with van der Waals surface area (Å²) in [6.07, 6.45) is 4.25. The van der Waals surface area contributed by atoms with Gasteiger partial charge < -0.3 is 14.6 Å². The number of carbonyl (C=O) groups is 2. The monoisotopic (exact) mass is 261 g/mol. The molecule has 1 aromatic rings. The molecule has 0 N–H and O–H groups in total. The molecular formula is C15H17O4-. The fourth-order valence-corrected chi connectivity index (χ4v) is 1.69. The van der Waals surface area contributed by atoms with Gasteiger partial charge in [0, 0.05) is 12.4 Å². The SMILES string of the molecule is COc1ccccc1.O=C([O-])CC1C=CC(=O)CC1. The van der Waals surface area contributed by atoms with Crippen LogP contribution in [0.4, 0.5) is 0 Å². The Hall–Kier alpha value is -2.10. The molecule has 102 valence electrons. The van der Waals surface area contributed by atoms with Crippen LogP contribution in [0.15, 0.2) is 42.5 Å². The van der Waals surface area contributed by atoms with E-state index in [9.17, 15) is 14.7 Å². The first-order valence-corrected chi connectivity index (χ1v) is 6.11. The number of carboxylic acids is 1. The van der Waals surface area contributed by atoms with Crippen molar-refractivity contribution in [3.8, 4) is 5.75 Å². The number of benzene rings is 1. The molecule has 0 bridgehead atoms. The molecule has 0 fully saturated rings. The first-order chi connectivity index (χ1) is 9.11. The molecule has 1 unspecified atom stereocenters. The predicted molar refractivity (Wildman–Crippen MR) is 69.5 cm³/mol. The number of rotatable bonds is 3. The van der Waals surface area contributed by atoms with Crippen LogP contribution in [-0.4, -0.2) is 18.9 Å². The topological polar surface area (TPSA) is 66.4 Å². The van der Waals surface area contributed by atoms with Gasteiger partial charge in [0.25, 0.3) is 0 Å². The van der Waals surface area contributed by atoms with Crippen molar-refractivity contribution >= 4 is 11.8 Å². The number of allylic oxidation sites excluding steroid dienone is 2. The first-order valence-electron chi connectivity index (χ1n) is 6.11. The van der Waals surface area contributed by atoms with E-state index < -0.39 is 5.97 Å². The average Bonchev–Trinajstić information content (AvgIpc) is 2.42. The lowest BCUT2D eigenvalue weighted by atomic mass is 9.93. The number of aliphatic carboxylic acids is 1. The van der Waals surface area contributed by atoms with Gasteiger partial charge >= 0.3 is 0 Å². The number of methoxy groups -OCH3 is 1. The van der Waals surface area contributed by atoms with Crippen LogP contribution in [0.5, 0.6) is 5.75 Å². The van der Waals surface area contributed by atoms with Gasteiger partial charge in [-0.1, -0.05) is 24.3 Å². The maximum atomic E-state index is 10.6. The van der Waals surface area contributed by atoms with Gasteiger partial charge in [0.1, 0.15) is 5.75 Å². The van der Waals surface area contributed by atoms with E-state index in [-0.39, 0.29) is 18.1 Å². The van der Waals surface area contributed by atoms with E-state index >= 15 is 0 Å². The molecule has 1 atom stereocenters. The molecule has 0 amide bonds. The van der Waals surface area contributed by atoms with Gasteiger partial charge in [-0.05, 0) is 37.0 Å². The summed E-state index contributed by atoms with van der Waals surface area (Å²) < 4.78 is 4.91. The third-order valence-corrected chi connectivity index (χ3v) is 2.72. The molecule has 1 aliphatic carbocycles. The number of carbonyl (C=O) groups excluding carboxylic acids is 2. The first kappa shape index (κ1) is 15.0. The molecule has 1 aliphatic rings. The molecule has 0 aromatic heterocycles. The second kappa shape index (κ2) is 8.08. The number of ketones is 1. The lowest BCUT2D eigenvalue weighted by Crippen LogP contribution is -2.25. The zero-order valence-corrected chi connectivity index (χ0v) is 10.9.